The quantitative estimate of drug-likeness (QED) is 0.893. The summed E-state index contributed by atoms with van der Waals surface area (Å²) < 4.78 is 5.25. The van der Waals surface area contributed by atoms with E-state index in [9.17, 15) is 5.11 Å². The molecule has 21 heavy (non-hydrogen) atoms. The Labute approximate surface area is 127 Å². The largest absolute Gasteiger partial charge is 0.508 e. The Morgan fingerprint density at radius 2 is 2.10 bits per heavy atom. The molecule has 1 aromatic rings. The number of piperidine rings is 1. The molecule has 0 aromatic heterocycles. The zero-order chi connectivity index (χ0) is 14.7. The third-order valence-electron chi connectivity index (χ3n) is 4.98. The van der Waals surface area contributed by atoms with Gasteiger partial charge in [0.15, 0.2) is 0 Å². The highest BCUT2D eigenvalue weighted by molar-refractivity contribution is 5.39. The summed E-state index contributed by atoms with van der Waals surface area (Å²) in [6.45, 7) is 4.26. The molecular formula is C17H26N2O2. The Hall–Kier alpha value is -1.26. The number of nitrogens with zero attached hydrogens (tertiary/aromatic N) is 1. The first-order valence-electron chi connectivity index (χ1n) is 8.08. The fourth-order valence-electron chi connectivity index (χ4n) is 3.68. The highest BCUT2D eigenvalue weighted by Crippen LogP contribution is 2.29. The summed E-state index contributed by atoms with van der Waals surface area (Å²) in [6.07, 6.45) is 5.22. The standard InChI is InChI=1S/C17H26N2O2/c1-21-15-4-5-17(20)14(11-15)12-19-9-6-13(7-10-19)16-3-2-8-18-16/h4-5,11,13,16,18,20H,2-3,6-10,12H2,1H3. The van der Waals surface area contributed by atoms with Crippen LogP contribution in [0.1, 0.15) is 31.2 Å². The lowest BCUT2D eigenvalue weighted by Crippen LogP contribution is -2.40. The minimum Gasteiger partial charge on any atom is -0.508 e. The summed E-state index contributed by atoms with van der Waals surface area (Å²) in [4.78, 5) is 2.44. The number of nitrogens with one attached hydrogen (secondary N) is 1. The highest BCUT2D eigenvalue weighted by atomic mass is 16.5. The van der Waals surface area contributed by atoms with E-state index in [4.69, 9.17) is 4.74 Å². The Bertz CT molecular complexity index is 464. The molecule has 0 radical (unpaired) electrons. The third kappa shape index (κ3) is 3.50. The molecule has 1 aromatic carbocycles. The number of methoxy groups -OCH3 is 1. The van der Waals surface area contributed by atoms with Crippen molar-refractivity contribution in [1.82, 2.24) is 10.2 Å². The summed E-state index contributed by atoms with van der Waals surface area (Å²) in [5, 5.41) is 13.6. The van der Waals surface area contributed by atoms with E-state index < -0.39 is 0 Å². The van der Waals surface area contributed by atoms with Crippen molar-refractivity contribution >= 4 is 0 Å². The molecule has 4 heteroatoms. The average Bonchev–Trinajstić information content (AvgIpc) is 3.04. The Balaban J connectivity index is 1.55. The van der Waals surface area contributed by atoms with Crippen LogP contribution < -0.4 is 10.1 Å². The van der Waals surface area contributed by atoms with E-state index in [0.29, 0.717) is 5.75 Å². The first-order valence-corrected chi connectivity index (χ1v) is 8.08. The molecule has 4 nitrogen and oxygen atoms in total. The van der Waals surface area contributed by atoms with Crippen molar-refractivity contribution in [1.29, 1.82) is 0 Å². The number of phenolic OH excluding ortho intramolecular Hbond substituents is 1. The molecule has 0 bridgehead atoms. The third-order valence-corrected chi connectivity index (χ3v) is 4.98. The van der Waals surface area contributed by atoms with Gasteiger partial charge in [-0.15, -0.1) is 0 Å². The molecule has 2 heterocycles. The minimum atomic E-state index is 0.371. The number of hydrogen-bond acceptors (Lipinski definition) is 4. The number of rotatable bonds is 4. The van der Waals surface area contributed by atoms with Gasteiger partial charge in [-0.1, -0.05) is 0 Å². The van der Waals surface area contributed by atoms with Gasteiger partial charge in [-0.2, -0.15) is 0 Å². The van der Waals surface area contributed by atoms with E-state index in [-0.39, 0.29) is 0 Å². The van der Waals surface area contributed by atoms with Gasteiger partial charge in [0.2, 0.25) is 0 Å². The number of likely N-dealkylation sites (tertiary alicyclic amines) is 1. The van der Waals surface area contributed by atoms with Crippen molar-refractivity contribution in [2.75, 3.05) is 26.7 Å². The van der Waals surface area contributed by atoms with Gasteiger partial charge in [0.1, 0.15) is 11.5 Å². The molecule has 0 amide bonds. The SMILES string of the molecule is COc1ccc(O)c(CN2CCC(C3CCCN3)CC2)c1. The van der Waals surface area contributed by atoms with Gasteiger partial charge >= 0.3 is 0 Å². The summed E-state index contributed by atoms with van der Waals surface area (Å²) >= 11 is 0. The molecule has 0 aliphatic carbocycles. The second-order valence-corrected chi connectivity index (χ2v) is 6.31. The van der Waals surface area contributed by atoms with Crippen LogP contribution in [0, 0.1) is 5.92 Å². The normalized spacial score (nSPS) is 24.3. The fourth-order valence-corrected chi connectivity index (χ4v) is 3.68. The highest BCUT2D eigenvalue weighted by Gasteiger charge is 2.28. The zero-order valence-electron chi connectivity index (χ0n) is 12.8. The minimum absolute atomic E-state index is 0.371. The van der Waals surface area contributed by atoms with E-state index in [0.717, 1.165) is 42.9 Å². The van der Waals surface area contributed by atoms with E-state index in [2.05, 4.69) is 10.2 Å². The average molecular weight is 290 g/mol. The van der Waals surface area contributed by atoms with Crippen LogP contribution in [0.4, 0.5) is 0 Å². The molecule has 2 aliphatic heterocycles. The van der Waals surface area contributed by atoms with Gasteiger partial charge < -0.3 is 15.2 Å². The molecule has 2 fully saturated rings. The molecule has 3 rings (SSSR count). The number of ether oxygens (including phenoxy) is 1. The van der Waals surface area contributed by atoms with Gasteiger partial charge in [-0.3, -0.25) is 4.90 Å². The van der Waals surface area contributed by atoms with Crippen LogP contribution in [0.5, 0.6) is 11.5 Å². The topological polar surface area (TPSA) is 44.7 Å². The predicted octanol–water partition coefficient (Wildman–Crippen LogP) is 2.36. The van der Waals surface area contributed by atoms with Crippen LogP contribution in [-0.2, 0) is 6.54 Å². The number of hydrogen-bond donors (Lipinski definition) is 2. The zero-order valence-corrected chi connectivity index (χ0v) is 12.8. The van der Waals surface area contributed by atoms with Crippen LogP contribution in [0.3, 0.4) is 0 Å². The Morgan fingerprint density at radius 3 is 2.76 bits per heavy atom. The van der Waals surface area contributed by atoms with Gasteiger partial charge in [-0.05, 0) is 69.4 Å². The van der Waals surface area contributed by atoms with E-state index in [1.54, 1.807) is 19.2 Å². The van der Waals surface area contributed by atoms with E-state index in [1.807, 2.05) is 6.07 Å². The van der Waals surface area contributed by atoms with Crippen LogP contribution in [0.25, 0.3) is 0 Å². The number of benzene rings is 1. The maximum atomic E-state index is 9.99. The van der Waals surface area contributed by atoms with Crippen LogP contribution in [0.15, 0.2) is 18.2 Å². The van der Waals surface area contributed by atoms with E-state index in [1.165, 1.54) is 32.2 Å². The molecule has 0 saturated carbocycles. The lowest BCUT2D eigenvalue weighted by molar-refractivity contribution is 0.156. The summed E-state index contributed by atoms with van der Waals surface area (Å²) in [5.41, 5.74) is 0.965. The fraction of sp³-hybridized carbons (Fsp3) is 0.647. The van der Waals surface area contributed by atoms with Gasteiger partial charge in [-0.25, -0.2) is 0 Å². The molecule has 2 aliphatic rings. The molecule has 1 unspecified atom stereocenters. The predicted molar refractivity (Wildman–Crippen MR) is 83.7 cm³/mol. The van der Waals surface area contributed by atoms with Crippen LogP contribution >= 0.6 is 0 Å². The van der Waals surface area contributed by atoms with Crippen molar-refractivity contribution in [3.05, 3.63) is 23.8 Å². The molecule has 0 spiro atoms. The van der Waals surface area contributed by atoms with Gasteiger partial charge in [0.05, 0.1) is 7.11 Å². The van der Waals surface area contributed by atoms with Crippen molar-refractivity contribution < 1.29 is 9.84 Å². The molecule has 1 atom stereocenters. The second-order valence-electron chi connectivity index (χ2n) is 6.31. The number of aromatic hydroxyl groups is 1. The summed E-state index contributed by atoms with van der Waals surface area (Å²) in [5.74, 6) is 2.02. The summed E-state index contributed by atoms with van der Waals surface area (Å²) in [6, 6.07) is 6.22. The van der Waals surface area contributed by atoms with Gasteiger partial charge in [0.25, 0.3) is 0 Å². The van der Waals surface area contributed by atoms with Crippen molar-refractivity contribution in [3.63, 3.8) is 0 Å². The molecule has 2 saturated heterocycles. The molecule has 116 valence electrons. The van der Waals surface area contributed by atoms with Crippen molar-refractivity contribution in [2.24, 2.45) is 5.92 Å². The first kappa shape index (κ1) is 14.7. The van der Waals surface area contributed by atoms with E-state index >= 15 is 0 Å². The summed E-state index contributed by atoms with van der Waals surface area (Å²) in [7, 11) is 1.66. The lowest BCUT2D eigenvalue weighted by atomic mass is 9.88. The molecular weight excluding hydrogens is 264 g/mol. The number of phenols is 1. The van der Waals surface area contributed by atoms with Crippen LogP contribution in [0.2, 0.25) is 0 Å². The second kappa shape index (κ2) is 6.67. The van der Waals surface area contributed by atoms with Crippen molar-refractivity contribution in [2.45, 2.75) is 38.3 Å². The molecule has 2 N–H and O–H groups in total. The van der Waals surface area contributed by atoms with Gasteiger partial charge in [0, 0.05) is 18.2 Å². The smallest absolute Gasteiger partial charge is 0.120 e. The van der Waals surface area contributed by atoms with Crippen molar-refractivity contribution in [3.8, 4) is 11.5 Å². The first-order chi connectivity index (χ1) is 10.3. The Morgan fingerprint density at radius 1 is 1.29 bits per heavy atom. The maximum absolute atomic E-state index is 9.99. The maximum Gasteiger partial charge on any atom is 0.120 e. The Kier molecular flexibility index (Phi) is 4.66. The monoisotopic (exact) mass is 290 g/mol. The van der Waals surface area contributed by atoms with Crippen LogP contribution in [-0.4, -0.2) is 42.8 Å². The lowest BCUT2D eigenvalue weighted by Gasteiger charge is -2.35.